The molecule has 0 spiro atoms. The Kier molecular flexibility index (Phi) is 7.11. The largest absolute Gasteiger partial charge is 0.258 e. The van der Waals surface area contributed by atoms with Crippen LogP contribution < -0.4 is 0 Å². The number of aliphatic imine (C=N–C) groups is 1. The van der Waals surface area contributed by atoms with Gasteiger partial charge in [0.25, 0.3) is 0 Å². The summed E-state index contributed by atoms with van der Waals surface area (Å²) in [5.41, 5.74) is 9.63. The Labute approximate surface area is 260 Å². The fourth-order valence-corrected chi connectivity index (χ4v) is 11.5. The molecule has 0 bridgehead atoms. The van der Waals surface area contributed by atoms with Gasteiger partial charge in [-0.2, -0.15) is 0 Å². The Balaban J connectivity index is 1.43. The highest BCUT2D eigenvalue weighted by Gasteiger charge is 2.49. The highest BCUT2D eigenvalue weighted by molar-refractivity contribution is 7.05. The predicted molar refractivity (Wildman–Crippen MR) is 185 cm³/mol. The summed E-state index contributed by atoms with van der Waals surface area (Å²) in [6.07, 6.45) is 11.0. The molecular formula is C39H34N4Si. The molecule has 7 rings (SSSR count). The van der Waals surface area contributed by atoms with Crippen molar-refractivity contribution in [3.8, 4) is 11.4 Å². The van der Waals surface area contributed by atoms with Gasteiger partial charge in [0.1, 0.15) is 8.07 Å². The number of aromatic nitrogens is 3. The van der Waals surface area contributed by atoms with Crippen molar-refractivity contribution in [2.24, 2.45) is 10.4 Å². The second kappa shape index (κ2) is 11.2. The normalized spacial score (nSPS) is 19.3. The van der Waals surface area contributed by atoms with Crippen LogP contribution in [0.3, 0.4) is 0 Å². The summed E-state index contributed by atoms with van der Waals surface area (Å²) in [7, 11) is -2.32. The van der Waals surface area contributed by atoms with Gasteiger partial charge in [-0.1, -0.05) is 110 Å². The maximum Gasteiger partial charge on any atom is 0.111 e. The zero-order valence-electron chi connectivity index (χ0n) is 25.3. The molecule has 2 aliphatic rings. The fraction of sp³-hybridized carbons (Fsp3) is 0.128. The molecule has 0 amide bonds. The van der Waals surface area contributed by atoms with E-state index in [0.717, 1.165) is 29.2 Å². The Bertz CT molecular complexity index is 1930. The smallest absolute Gasteiger partial charge is 0.111 e. The molecule has 1 unspecified atom stereocenters. The lowest BCUT2D eigenvalue weighted by atomic mass is 9.79. The molecule has 2 aliphatic heterocycles. The van der Waals surface area contributed by atoms with Gasteiger partial charge in [-0.05, 0) is 69.8 Å². The first-order valence-corrected chi connectivity index (χ1v) is 18.1. The number of rotatable bonds is 6. The van der Waals surface area contributed by atoms with Crippen molar-refractivity contribution in [1.82, 2.24) is 15.0 Å². The van der Waals surface area contributed by atoms with Crippen LogP contribution in [-0.2, 0) is 0 Å². The highest BCUT2D eigenvalue weighted by Crippen LogP contribution is 2.58. The molecule has 4 nitrogen and oxygen atoms in total. The van der Waals surface area contributed by atoms with E-state index in [9.17, 15) is 0 Å². The van der Waals surface area contributed by atoms with Crippen molar-refractivity contribution in [3.63, 3.8) is 0 Å². The topological polar surface area (TPSA) is 51.0 Å². The highest BCUT2D eigenvalue weighted by atomic mass is 28.3. The Morgan fingerprint density at radius 3 is 1.73 bits per heavy atom. The fourth-order valence-electron chi connectivity index (χ4n) is 6.98. The molecule has 1 atom stereocenters. The molecule has 0 N–H and O–H groups in total. The van der Waals surface area contributed by atoms with Crippen LogP contribution in [0.15, 0.2) is 144 Å². The molecule has 214 valence electrons. The molecule has 3 aromatic heterocycles. The minimum Gasteiger partial charge on any atom is -0.258 e. The third-order valence-electron chi connectivity index (χ3n) is 8.81. The summed E-state index contributed by atoms with van der Waals surface area (Å²) in [6.45, 7) is 7.36. The van der Waals surface area contributed by atoms with E-state index in [1.54, 1.807) is 0 Å². The van der Waals surface area contributed by atoms with Gasteiger partial charge in [-0.25, -0.2) is 0 Å². The first kappa shape index (κ1) is 27.8. The van der Waals surface area contributed by atoms with E-state index in [0.29, 0.717) is 0 Å². The van der Waals surface area contributed by atoms with Crippen LogP contribution in [0.5, 0.6) is 0 Å². The van der Waals surface area contributed by atoms with Crippen molar-refractivity contribution < 1.29 is 0 Å². The zero-order chi connectivity index (χ0) is 30.1. The lowest BCUT2D eigenvalue weighted by Gasteiger charge is -2.38. The van der Waals surface area contributed by atoms with Crippen molar-refractivity contribution in [3.05, 3.63) is 161 Å². The number of allylic oxidation sites excluding steroid dienone is 4. The summed E-state index contributed by atoms with van der Waals surface area (Å²) < 4.78 is 0. The van der Waals surface area contributed by atoms with E-state index < -0.39 is 8.07 Å². The SMILES string of the molecule is CC1(C2=C(c3ccccc3)C(c3ccccc3)=C(c3ccc(-c4ccccn4)nc3)[Si]2(C)C)C=NC(c2ccccn2)=CC1. The monoisotopic (exact) mass is 586 g/mol. The summed E-state index contributed by atoms with van der Waals surface area (Å²) in [5, 5.41) is 2.91. The van der Waals surface area contributed by atoms with Crippen molar-refractivity contribution in [1.29, 1.82) is 0 Å². The molecule has 5 heteroatoms. The Morgan fingerprint density at radius 2 is 1.18 bits per heavy atom. The third-order valence-corrected chi connectivity index (χ3v) is 12.7. The molecule has 0 saturated carbocycles. The van der Waals surface area contributed by atoms with Crippen LogP contribution in [0.25, 0.3) is 33.4 Å². The Hall–Kier alpha value is -5.00. The first-order chi connectivity index (χ1) is 21.5. The van der Waals surface area contributed by atoms with Gasteiger partial charge < -0.3 is 0 Å². The van der Waals surface area contributed by atoms with Gasteiger partial charge in [0.2, 0.25) is 0 Å². The van der Waals surface area contributed by atoms with Crippen molar-refractivity contribution >= 4 is 36.3 Å². The maximum absolute atomic E-state index is 5.06. The van der Waals surface area contributed by atoms with Gasteiger partial charge >= 0.3 is 0 Å². The average Bonchev–Trinajstić information content (AvgIpc) is 3.34. The second-order valence-electron chi connectivity index (χ2n) is 12.2. The number of nitrogens with zero attached hydrogens (tertiary/aromatic N) is 4. The third kappa shape index (κ3) is 4.89. The van der Waals surface area contributed by atoms with Gasteiger partial charge in [0.05, 0.1) is 22.8 Å². The van der Waals surface area contributed by atoms with E-state index >= 15 is 0 Å². The quantitative estimate of drug-likeness (QED) is 0.186. The van der Waals surface area contributed by atoms with E-state index in [2.05, 4.69) is 121 Å². The second-order valence-corrected chi connectivity index (χ2v) is 16.4. The Morgan fingerprint density at radius 1 is 0.591 bits per heavy atom. The summed E-state index contributed by atoms with van der Waals surface area (Å²) in [5.74, 6) is 0. The van der Waals surface area contributed by atoms with Crippen molar-refractivity contribution in [2.75, 3.05) is 0 Å². The molecule has 0 fully saturated rings. The summed E-state index contributed by atoms with van der Waals surface area (Å²) in [6, 6.07) is 38.1. The van der Waals surface area contributed by atoms with E-state index in [1.807, 2.05) is 48.8 Å². The minimum atomic E-state index is -2.32. The number of hydrogen-bond acceptors (Lipinski definition) is 4. The molecule has 2 aromatic carbocycles. The molecule has 0 aliphatic carbocycles. The lowest BCUT2D eigenvalue weighted by molar-refractivity contribution is 0.600. The van der Waals surface area contributed by atoms with Crippen LogP contribution in [0.2, 0.25) is 13.1 Å². The standard InChI is InChI=1S/C39H34N4Si/c1-39(23-22-34(43-27-39)32-19-11-13-25-41-32)38-36(29-16-8-5-9-17-29)35(28-14-6-4-7-15-28)37(44(38,2)3)30-20-21-33(42-26-30)31-18-10-12-24-40-31/h4-22,24-27H,23H2,1-3H3. The van der Waals surface area contributed by atoms with Crippen LogP contribution in [0.4, 0.5) is 0 Å². The van der Waals surface area contributed by atoms with Gasteiger partial charge in [0.15, 0.2) is 0 Å². The maximum atomic E-state index is 5.06. The van der Waals surface area contributed by atoms with E-state index in [1.165, 1.54) is 38.2 Å². The molecule has 44 heavy (non-hydrogen) atoms. The molecule has 0 saturated heterocycles. The van der Waals surface area contributed by atoms with Crippen LogP contribution in [0, 0.1) is 5.41 Å². The van der Waals surface area contributed by atoms with E-state index in [4.69, 9.17) is 9.98 Å². The predicted octanol–water partition coefficient (Wildman–Crippen LogP) is 9.23. The minimum absolute atomic E-state index is 0.262. The van der Waals surface area contributed by atoms with Crippen LogP contribution in [0.1, 0.15) is 35.7 Å². The van der Waals surface area contributed by atoms with Crippen LogP contribution in [-0.4, -0.2) is 29.2 Å². The van der Waals surface area contributed by atoms with Gasteiger partial charge in [0, 0.05) is 30.2 Å². The molecule has 0 radical (unpaired) electrons. The van der Waals surface area contributed by atoms with Crippen molar-refractivity contribution in [2.45, 2.75) is 26.4 Å². The summed E-state index contributed by atoms with van der Waals surface area (Å²) >= 11 is 0. The van der Waals surface area contributed by atoms with Gasteiger partial charge in [-0.15, -0.1) is 0 Å². The average molecular weight is 587 g/mol. The number of pyridine rings is 3. The lowest BCUT2D eigenvalue weighted by Crippen LogP contribution is -2.40. The zero-order valence-corrected chi connectivity index (χ0v) is 26.3. The van der Waals surface area contributed by atoms with Crippen LogP contribution >= 0.6 is 0 Å². The number of benzene rings is 2. The van der Waals surface area contributed by atoms with E-state index in [-0.39, 0.29) is 5.41 Å². The first-order valence-electron chi connectivity index (χ1n) is 15.1. The number of hydrogen-bond donors (Lipinski definition) is 0. The molecule has 5 heterocycles. The molecule has 5 aromatic rings. The summed E-state index contributed by atoms with van der Waals surface area (Å²) in [4.78, 5) is 19.1. The van der Waals surface area contributed by atoms with Gasteiger partial charge in [-0.3, -0.25) is 19.9 Å². The molecular weight excluding hydrogens is 553 g/mol.